The van der Waals surface area contributed by atoms with E-state index in [9.17, 15) is 0 Å². The Bertz CT molecular complexity index is 2720. The molecule has 60 heavy (non-hydrogen) atoms. The second-order valence-corrected chi connectivity index (χ2v) is 27.6. The van der Waals surface area contributed by atoms with E-state index in [0.717, 1.165) is 78.6 Å². The van der Waals surface area contributed by atoms with Gasteiger partial charge in [-0.05, 0) is 107 Å². The molecule has 0 fully saturated rings. The lowest BCUT2D eigenvalue weighted by Crippen LogP contribution is -2.37. The molecule has 0 saturated heterocycles. The van der Waals surface area contributed by atoms with Crippen molar-refractivity contribution in [3.63, 3.8) is 0 Å². The molecule has 6 heteroatoms. The van der Waals surface area contributed by atoms with Gasteiger partial charge < -0.3 is 19.3 Å². The molecule has 0 heterocycles. The highest BCUT2D eigenvalue weighted by Gasteiger charge is 2.22. The Balaban J connectivity index is 1.19. The van der Waals surface area contributed by atoms with E-state index in [1.54, 1.807) is 14.2 Å². The molecule has 0 radical (unpaired) electrons. The van der Waals surface area contributed by atoms with Gasteiger partial charge in [0, 0.05) is 51.1 Å². The minimum absolute atomic E-state index is 0.798. The van der Waals surface area contributed by atoms with Crippen LogP contribution in [0.5, 0.6) is 11.5 Å². The van der Waals surface area contributed by atoms with Gasteiger partial charge in [-0.1, -0.05) is 141 Å². The molecule has 0 N–H and O–H groups in total. The van der Waals surface area contributed by atoms with E-state index in [4.69, 9.17) is 9.47 Å². The van der Waals surface area contributed by atoms with E-state index >= 15 is 0 Å². The highest BCUT2D eigenvalue weighted by molar-refractivity contribution is 6.89. The summed E-state index contributed by atoms with van der Waals surface area (Å²) >= 11 is 0. The van der Waals surface area contributed by atoms with Crippen LogP contribution in [-0.2, 0) is 0 Å². The minimum atomic E-state index is -1.45. The molecule has 300 valence electrons. The maximum absolute atomic E-state index is 6.22. The van der Waals surface area contributed by atoms with E-state index in [-0.39, 0.29) is 0 Å². The molecular weight excluding hydrogens is 765 g/mol. The Morgan fingerprint density at radius 1 is 0.350 bits per heavy atom. The molecule has 8 aromatic rings. The summed E-state index contributed by atoms with van der Waals surface area (Å²) in [5.74, 6) is 1.63. The van der Waals surface area contributed by atoms with E-state index < -0.39 is 16.1 Å². The number of benzene rings is 8. The number of hydrogen-bond acceptors (Lipinski definition) is 4. The Labute approximate surface area is 358 Å². The maximum atomic E-state index is 6.22. The van der Waals surface area contributed by atoms with Crippen LogP contribution in [0.3, 0.4) is 0 Å². The minimum Gasteiger partial charge on any atom is -0.496 e. The Hall–Kier alpha value is -6.35. The number of hydrogen-bond donors (Lipinski definition) is 0. The van der Waals surface area contributed by atoms with Gasteiger partial charge in [-0.3, -0.25) is 0 Å². The van der Waals surface area contributed by atoms with Gasteiger partial charge in [-0.2, -0.15) is 0 Å². The summed E-state index contributed by atoms with van der Waals surface area (Å²) in [4.78, 5) is 4.63. The van der Waals surface area contributed by atoms with Gasteiger partial charge in [0.1, 0.15) is 11.5 Å². The fraction of sp³-hybridized carbons (Fsp3) is 0.148. The molecule has 0 amide bonds. The van der Waals surface area contributed by atoms with Crippen molar-refractivity contribution in [1.29, 1.82) is 0 Å². The molecule has 0 bridgehead atoms. The number of nitrogens with zero attached hydrogens (tertiary/aromatic N) is 2. The first-order valence-electron chi connectivity index (χ1n) is 20.7. The van der Waals surface area contributed by atoms with Crippen LogP contribution in [-0.4, -0.2) is 30.4 Å². The fourth-order valence-corrected chi connectivity index (χ4v) is 10.5. The van der Waals surface area contributed by atoms with E-state index in [0.29, 0.717) is 0 Å². The van der Waals surface area contributed by atoms with Gasteiger partial charge in [0.05, 0.1) is 30.4 Å². The average molecular weight is 819 g/mol. The zero-order valence-corrected chi connectivity index (χ0v) is 38.0. The van der Waals surface area contributed by atoms with Crippen LogP contribution < -0.4 is 29.6 Å². The first kappa shape index (κ1) is 40.4. The van der Waals surface area contributed by atoms with Crippen LogP contribution in [0.25, 0.3) is 33.0 Å². The second kappa shape index (κ2) is 16.7. The Morgan fingerprint density at radius 2 is 0.783 bits per heavy atom. The Morgan fingerprint density at radius 3 is 1.27 bits per heavy atom. The SMILES string of the molecule is COc1cc(N(c2ccccc2)c2ccc([Si](C)(C)C)cc2)ccc1-c1ccc(OC)c2c(-c3ccc(N(c4ccccc4)c4ccc([Si](C)(C)C)cc4)cc3)cccc12. The van der Waals surface area contributed by atoms with Crippen LogP contribution in [0.4, 0.5) is 34.1 Å². The van der Waals surface area contributed by atoms with Crippen molar-refractivity contribution < 1.29 is 9.47 Å². The summed E-state index contributed by atoms with van der Waals surface area (Å²) in [5.41, 5.74) is 10.9. The third kappa shape index (κ3) is 8.13. The van der Waals surface area contributed by atoms with Crippen molar-refractivity contribution in [3.05, 3.63) is 182 Å². The molecule has 0 saturated carbocycles. The molecule has 0 aliphatic heterocycles. The topological polar surface area (TPSA) is 24.9 Å². The first-order valence-corrected chi connectivity index (χ1v) is 27.7. The lowest BCUT2D eigenvalue weighted by molar-refractivity contribution is 0.416. The third-order valence-corrected chi connectivity index (χ3v) is 15.5. The molecule has 8 aromatic carbocycles. The summed E-state index contributed by atoms with van der Waals surface area (Å²) in [7, 11) is 0.628. The largest absolute Gasteiger partial charge is 0.496 e. The predicted molar refractivity (Wildman–Crippen MR) is 263 cm³/mol. The lowest BCUT2D eigenvalue weighted by atomic mass is 9.91. The summed E-state index contributed by atoms with van der Waals surface area (Å²) < 4.78 is 12.3. The van der Waals surface area contributed by atoms with Gasteiger partial charge in [-0.25, -0.2) is 0 Å². The van der Waals surface area contributed by atoms with Crippen LogP contribution in [0.1, 0.15) is 0 Å². The van der Waals surface area contributed by atoms with E-state index in [1.165, 1.54) is 10.4 Å². The molecule has 8 rings (SSSR count). The molecule has 4 nitrogen and oxygen atoms in total. The standard InChI is InChI=1S/C54H54N2O2Si2/c1-57-52-37-36-49(50-35-30-45(38-53(50)58-2)56(41-18-13-10-14-19-41)44-28-33-47(34-29-44)60(6,7)8)51-21-15-20-48(54(51)52)39-22-24-42(25-23-39)55(40-16-11-9-12-17-40)43-26-31-46(32-27-43)59(3,4)5/h9-38H,1-8H3. The quantitative estimate of drug-likeness (QED) is 0.115. The van der Waals surface area contributed by atoms with E-state index in [2.05, 4.69) is 231 Å². The molecule has 0 aromatic heterocycles. The number of methoxy groups -OCH3 is 2. The van der Waals surface area contributed by atoms with Crippen molar-refractivity contribution in [2.24, 2.45) is 0 Å². The zero-order chi connectivity index (χ0) is 42.0. The van der Waals surface area contributed by atoms with Crippen LogP contribution in [0.15, 0.2) is 182 Å². The maximum Gasteiger partial charge on any atom is 0.128 e. The monoisotopic (exact) mass is 818 g/mol. The van der Waals surface area contributed by atoms with Gasteiger partial charge in [0.2, 0.25) is 0 Å². The number of fused-ring (bicyclic) bond motifs is 1. The highest BCUT2D eigenvalue weighted by Crippen LogP contribution is 2.45. The summed E-state index contributed by atoms with van der Waals surface area (Å²) in [6, 6.07) is 65.6. The molecule has 0 aliphatic carbocycles. The summed E-state index contributed by atoms with van der Waals surface area (Å²) in [5, 5.41) is 5.04. The second-order valence-electron chi connectivity index (χ2n) is 17.4. The van der Waals surface area contributed by atoms with Crippen molar-refractivity contribution >= 4 is 71.4 Å². The molecule has 0 unspecified atom stereocenters. The predicted octanol–water partition coefficient (Wildman–Crippen LogP) is 14.2. The van der Waals surface area contributed by atoms with Crippen LogP contribution >= 0.6 is 0 Å². The summed E-state index contributed by atoms with van der Waals surface area (Å²) in [6.07, 6.45) is 0. The normalized spacial score (nSPS) is 11.7. The fourth-order valence-electron chi connectivity index (χ4n) is 8.12. The van der Waals surface area contributed by atoms with Gasteiger partial charge >= 0.3 is 0 Å². The van der Waals surface area contributed by atoms with E-state index in [1.807, 2.05) is 0 Å². The average Bonchev–Trinajstić information content (AvgIpc) is 3.27. The van der Waals surface area contributed by atoms with Gasteiger partial charge in [0.15, 0.2) is 0 Å². The Kier molecular flexibility index (Phi) is 11.3. The third-order valence-electron chi connectivity index (χ3n) is 11.4. The summed E-state index contributed by atoms with van der Waals surface area (Å²) in [6.45, 7) is 14.3. The number of rotatable bonds is 12. The number of ether oxygens (including phenoxy) is 2. The van der Waals surface area contributed by atoms with Gasteiger partial charge in [0.25, 0.3) is 0 Å². The zero-order valence-electron chi connectivity index (χ0n) is 36.0. The number of anilines is 6. The van der Waals surface area contributed by atoms with Crippen molar-refractivity contribution in [3.8, 4) is 33.8 Å². The molecule has 0 spiro atoms. The lowest BCUT2D eigenvalue weighted by Gasteiger charge is -2.27. The first-order chi connectivity index (χ1) is 28.9. The molecular formula is C54H54N2O2Si2. The number of para-hydroxylation sites is 2. The van der Waals surface area contributed by atoms with Crippen LogP contribution in [0, 0.1) is 0 Å². The van der Waals surface area contributed by atoms with Crippen molar-refractivity contribution in [1.82, 2.24) is 0 Å². The van der Waals surface area contributed by atoms with Crippen molar-refractivity contribution in [2.75, 3.05) is 24.0 Å². The molecule has 0 aliphatic rings. The van der Waals surface area contributed by atoms with Crippen molar-refractivity contribution in [2.45, 2.75) is 39.3 Å². The molecule has 0 atom stereocenters. The smallest absolute Gasteiger partial charge is 0.128 e. The highest BCUT2D eigenvalue weighted by atomic mass is 28.3. The van der Waals surface area contributed by atoms with Crippen LogP contribution in [0.2, 0.25) is 39.3 Å². The van der Waals surface area contributed by atoms with Gasteiger partial charge in [-0.15, -0.1) is 0 Å².